The van der Waals surface area contributed by atoms with Gasteiger partial charge in [0.15, 0.2) is 0 Å². The molecule has 0 saturated carbocycles. The van der Waals surface area contributed by atoms with Gasteiger partial charge in [-0.1, -0.05) is 13.8 Å². The minimum Gasteiger partial charge on any atom is -0.480 e. The van der Waals surface area contributed by atoms with E-state index in [0.717, 1.165) is 0 Å². The van der Waals surface area contributed by atoms with Gasteiger partial charge in [-0.15, -0.1) is 0 Å². The normalized spacial score (nSPS) is 15.5. The SMILES string of the molecule is CC(NC(=O)C(N)C(C)C)C(=O)NC(CS)C(=O)O. The van der Waals surface area contributed by atoms with E-state index in [0.29, 0.717) is 0 Å². The minimum atomic E-state index is -1.18. The Hall–Kier alpha value is -1.28. The Morgan fingerprint density at radius 3 is 2.05 bits per heavy atom. The monoisotopic (exact) mass is 291 g/mol. The predicted octanol–water partition coefficient (Wildman–Crippen LogP) is -1.03. The van der Waals surface area contributed by atoms with Gasteiger partial charge in [-0.05, 0) is 12.8 Å². The van der Waals surface area contributed by atoms with Gasteiger partial charge in [0.25, 0.3) is 0 Å². The molecule has 0 bridgehead atoms. The lowest BCUT2D eigenvalue weighted by Crippen LogP contribution is -2.54. The quantitative estimate of drug-likeness (QED) is 0.384. The summed E-state index contributed by atoms with van der Waals surface area (Å²) in [6.07, 6.45) is 0. The maximum absolute atomic E-state index is 11.7. The molecule has 3 unspecified atom stereocenters. The highest BCUT2D eigenvalue weighted by atomic mass is 32.1. The molecule has 0 rings (SSSR count). The van der Waals surface area contributed by atoms with Crippen LogP contribution in [-0.4, -0.2) is 46.8 Å². The van der Waals surface area contributed by atoms with Crippen LogP contribution in [0, 0.1) is 5.92 Å². The van der Waals surface area contributed by atoms with E-state index in [1.54, 1.807) is 13.8 Å². The van der Waals surface area contributed by atoms with Gasteiger partial charge in [-0.3, -0.25) is 9.59 Å². The van der Waals surface area contributed by atoms with Crippen LogP contribution in [0.5, 0.6) is 0 Å². The number of nitrogens with one attached hydrogen (secondary N) is 2. The molecular weight excluding hydrogens is 270 g/mol. The molecule has 8 heteroatoms. The first-order valence-electron chi connectivity index (χ1n) is 5.90. The molecule has 0 saturated heterocycles. The number of carboxylic acid groups (broad SMARTS) is 1. The molecule has 0 aliphatic heterocycles. The molecule has 0 aliphatic carbocycles. The van der Waals surface area contributed by atoms with E-state index in [-0.39, 0.29) is 11.7 Å². The van der Waals surface area contributed by atoms with Crippen molar-refractivity contribution in [3.8, 4) is 0 Å². The zero-order valence-corrected chi connectivity index (χ0v) is 12.1. The number of hydrogen-bond donors (Lipinski definition) is 5. The summed E-state index contributed by atoms with van der Waals surface area (Å²) in [7, 11) is 0. The van der Waals surface area contributed by atoms with Crippen molar-refractivity contribution in [1.29, 1.82) is 0 Å². The molecular formula is C11H21N3O4S. The van der Waals surface area contributed by atoms with Gasteiger partial charge in [0, 0.05) is 5.75 Å². The zero-order valence-electron chi connectivity index (χ0n) is 11.2. The molecule has 0 fully saturated rings. The van der Waals surface area contributed by atoms with E-state index >= 15 is 0 Å². The second kappa shape index (κ2) is 8.00. The summed E-state index contributed by atoms with van der Waals surface area (Å²) in [5.41, 5.74) is 5.63. The molecule has 5 N–H and O–H groups in total. The van der Waals surface area contributed by atoms with E-state index in [1.165, 1.54) is 6.92 Å². The number of rotatable bonds is 7. The Bertz CT molecular complexity index is 349. The van der Waals surface area contributed by atoms with Gasteiger partial charge < -0.3 is 21.5 Å². The van der Waals surface area contributed by atoms with Crippen molar-refractivity contribution in [2.24, 2.45) is 11.7 Å². The standard InChI is InChI=1S/C11H21N3O4S/c1-5(2)8(12)10(16)13-6(3)9(15)14-7(4-19)11(17)18/h5-8,19H,4,12H2,1-3H3,(H,13,16)(H,14,15)(H,17,18). The molecule has 0 aromatic rings. The number of carbonyl (C=O) groups excluding carboxylic acids is 2. The second-order valence-electron chi connectivity index (χ2n) is 4.58. The van der Waals surface area contributed by atoms with E-state index < -0.39 is 35.9 Å². The average Bonchev–Trinajstić information content (AvgIpc) is 2.33. The smallest absolute Gasteiger partial charge is 0.327 e. The Kier molecular flexibility index (Phi) is 7.47. The highest BCUT2D eigenvalue weighted by Gasteiger charge is 2.25. The van der Waals surface area contributed by atoms with Crippen molar-refractivity contribution in [1.82, 2.24) is 10.6 Å². The first-order chi connectivity index (χ1) is 8.70. The molecule has 0 aliphatic rings. The molecule has 0 radical (unpaired) electrons. The molecule has 7 nitrogen and oxygen atoms in total. The lowest BCUT2D eigenvalue weighted by atomic mass is 10.0. The van der Waals surface area contributed by atoms with Crippen molar-refractivity contribution in [2.45, 2.75) is 38.9 Å². The van der Waals surface area contributed by atoms with E-state index in [2.05, 4.69) is 23.3 Å². The summed E-state index contributed by atoms with van der Waals surface area (Å²) in [6, 6.07) is -2.66. The first-order valence-corrected chi connectivity index (χ1v) is 6.54. The van der Waals surface area contributed by atoms with Crippen molar-refractivity contribution in [2.75, 3.05) is 5.75 Å². The zero-order chi connectivity index (χ0) is 15.2. The van der Waals surface area contributed by atoms with Gasteiger partial charge in [0.2, 0.25) is 11.8 Å². The van der Waals surface area contributed by atoms with Crippen LogP contribution in [0.25, 0.3) is 0 Å². The maximum Gasteiger partial charge on any atom is 0.327 e. The van der Waals surface area contributed by atoms with Gasteiger partial charge in [0.1, 0.15) is 12.1 Å². The summed E-state index contributed by atoms with van der Waals surface area (Å²) in [5, 5.41) is 13.5. The molecule has 0 heterocycles. The largest absolute Gasteiger partial charge is 0.480 e. The highest BCUT2D eigenvalue weighted by Crippen LogP contribution is 1.99. The molecule has 0 aromatic carbocycles. The number of thiol groups is 1. The topological polar surface area (TPSA) is 122 Å². The summed E-state index contributed by atoms with van der Waals surface area (Å²) >= 11 is 3.82. The molecule has 3 atom stereocenters. The maximum atomic E-state index is 11.7. The van der Waals surface area contributed by atoms with E-state index in [1.807, 2.05) is 0 Å². The Morgan fingerprint density at radius 2 is 1.68 bits per heavy atom. The fourth-order valence-electron chi connectivity index (χ4n) is 1.16. The first kappa shape index (κ1) is 17.7. The summed E-state index contributed by atoms with van der Waals surface area (Å²) < 4.78 is 0. The number of aliphatic carboxylic acids is 1. The Balaban J connectivity index is 4.42. The van der Waals surface area contributed by atoms with Crippen LogP contribution in [0.3, 0.4) is 0 Å². The summed E-state index contributed by atoms with van der Waals surface area (Å²) in [6.45, 7) is 5.03. The van der Waals surface area contributed by atoms with E-state index in [9.17, 15) is 14.4 Å². The van der Waals surface area contributed by atoms with Crippen LogP contribution >= 0.6 is 12.6 Å². The van der Waals surface area contributed by atoms with Gasteiger partial charge >= 0.3 is 5.97 Å². The van der Waals surface area contributed by atoms with Crippen LogP contribution < -0.4 is 16.4 Å². The van der Waals surface area contributed by atoms with Crippen LogP contribution in [0.15, 0.2) is 0 Å². The predicted molar refractivity (Wildman–Crippen MR) is 73.8 cm³/mol. The summed E-state index contributed by atoms with van der Waals surface area (Å²) in [5.74, 6) is -2.31. The fraction of sp³-hybridized carbons (Fsp3) is 0.727. The highest BCUT2D eigenvalue weighted by molar-refractivity contribution is 7.80. The number of nitrogens with two attached hydrogens (primary N) is 1. The molecule has 19 heavy (non-hydrogen) atoms. The van der Waals surface area contributed by atoms with Gasteiger partial charge in [-0.2, -0.15) is 12.6 Å². The number of carbonyl (C=O) groups is 3. The van der Waals surface area contributed by atoms with Crippen LogP contribution in [-0.2, 0) is 14.4 Å². The third-order valence-corrected chi connectivity index (χ3v) is 2.94. The van der Waals surface area contributed by atoms with Crippen molar-refractivity contribution in [3.05, 3.63) is 0 Å². The van der Waals surface area contributed by atoms with Crippen LogP contribution in [0.1, 0.15) is 20.8 Å². The van der Waals surface area contributed by atoms with Gasteiger partial charge in [0.05, 0.1) is 6.04 Å². The molecule has 2 amide bonds. The van der Waals surface area contributed by atoms with Crippen molar-refractivity contribution < 1.29 is 19.5 Å². The second-order valence-corrected chi connectivity index (χ2v) is 4.95. The third-order valence-electron chi connectivity index (χ3n) is 2.57. The van der Waals surface area contributed by atoms with Crippen molar-refractivity contribution >= 4 is 30.4 Å². The minimum absolute atomic E-state index is 0.0345. The van der Waals surface area contributed by atoms with Crippen LogP contribution in [0.4, 0.5) is 0 Å². The van der Waals surface area contributed by atoms with Crippen molar-refractivity contribution in [3.63, 3.8) is 0 Å². The van der Waals surface area contributed by atoms with Gasteiger partial charge in [-0.25, -0.2) is 4.79 Å². The third kappa shape index (κ3) is 5.93. The Labute approximate surface area is 117 Å². The van der Waals surface area contributed by atoms with E-state index in [4.69, 9.17) is 10.8 Å². The number of carboxylic acids is 1. The van der Waals surface area contributed by atoms with Crippen LogP contribution in [0.2, 0.25) is 0 Å². The fourth-order valence-corrected chi connectivity index (χ4v) is 1.41. The molecule has 110 valence electrons. The number of hydrogen-bond acceptors (Lipinski definition) is 5. The Morgan fingerprint density at radius 1 is 1.16 bits per heavy atom. The molecule has 0 spiro atoms. The summed E-state index contributed by atoms with van der Waals surface area (Å²) in [4.78, 5) is 34.1. The lowest BCUT2D eigenvalue weighted by Gasteiger charge is -2.20. The number of amides is 2. The lowest BCUT2D eigenvalue weighted by molar-refractivity contribution is -0.141. The average molecular weight is 291 g/mol. The molecule has 0 aromatic heterocycles.